The Bertz CT molecular complexity index is 830. The highest BCUT2D eigenvalue weighted by Gasteiger charge is 2.28. The largest absolute Gasteiger partial charge is 0.354 e. The number of hydrogen-bond donors (Lipinski definition) is 1. The van der Waals surface area contributed by atoms with E-state index in [9.17, 15) is 14.0 Å². The summed E-state index contributed by atoms with van der Waals surface area (Å²) in [5, 5.41) is 3.61. The predicted molar refractivity (Wildman–Crippen MR) is 126 cm³/mol. The van der Waals surface area contributed by atoms with E-state index in [1.54, 1.807) is 28.8 Å². The molecule has 0 aliphatic rings. The molecular formula is C24H30ClFN2O2S. The molecule has 0 aromatic heterocycles. The molecule has 0 aliphatic heterocycles. The molecule has 0 saturated heterocycles. The first-order valence-electron chi connectivity index (χ1n) is 10.6. The van der Waals surface area contributed by atoms with Crippen molar-refractivity contribution in [2.24, 2.45) is 0 Å². The summed E-state index contributed by atoms with van der Waals surface area (Å²) in [6, 6.07) is 13.0. The molecule has 4 nitrogen and oxygen atoms in total. The van der Waals surface area contributed by atoms with Crippen molar-refractivity contribution in [3.8, 4) is 0 Å². The molecule has 0 fully saturated rings. The molecule has 2 rings (SSSR count). The van der Waals surface area contributed by atoms with Crippen LogP contribution >= 0.6 is 23.4 Å². The number of nitrogens with zero attached hydrogens (tertiary/aromatic N) is 1. The normalized spacial score (nSPS) is 11.7. The zero-order valence-corrected chi connectivity index (χ0v) is 19.6. The number of benzene rings is 2. The topological polar surface area (TPSA) is 49.4 Å². The van der Waals surface area contributed by atoms with Crippen LogP contribution in [0.3, 0.4) is 0 Å². The van der Waals surface area contributed by atoms with Crippen LogP contribution in [0.4, 0.5) is 4.39 Å². The second-order valence-corrected chi connectivity index (χ2v) is 8.87. The number of unbranched alkanes of at least 4 members (excludes halogenated alkanes) is 1. The number of rotatable bonds is 12. The fraction of sp³-hybridized carbons (Fsp3) is 0.417. The van der Waals surface area contributed by atoms with Crippen LogP contribution in [0.5, 0.6) is 0 Å². The fourth-order valence-electron chi connectivity index (χ4n) is 3.14. The minimum Gasteiger partial charge on any atom is -0.354 e. The number of carbonyl (C=O) groups is 2. The van der Waals surface area contributed by atoms with Crippen LogP contribution in [0.25, 0.3) is 0 Å². The lowest BCUT2D eigenvalue weighted by Crippen LogP contribution is -2.49. The molecule has 2 aromatic carbocycles. The summed E-state index contributed by atoms with van der Waals surface area (Å²) < 4.78 is 13.3. The van der Waals surface area contributed by atoms with Gasteiger partial charge in [-0.25, -0.2) is 4.39 Å². The lowest BCUT2D eigenvalue weighted by Gasteiger charge is -2.30. The standard InChI is InChI=1S/C24H30ClFN2O2S/c1-3-5-15-27-24(30)22(4-2)28(17-18-6-10-20(26)11-7-18)23(29)14-16-31-21-12-8-19(25)9-13-21/h6-13,22H,3-5,14-17H2,1-2H3,(H,27,30). The van der Waals surface area contributed by atoms with Gasteiger partial charge in [0.25, 0.3) is 0 Å². The van der Waals surface area contributed by atoms with Crippen molar-refractivity contribution >= 4 is 35.2 Å². The van der Waals surface area contributed by atoms with Gasteiger partial charge in [0, 0.05) is 35.2 Å². The quantitative estimate of drug-likeness (QED) is 0.324. The van der Waals surface area contributed by atoms with Crippen molar-refractivity contribution < 1.29 is 14.0 Å². The lowest BCUT2D eigenvalue weighted by molar-refractivity contribution is -0.141. The molecule has 31 heavy (non-hydrogen) atoms. The first-order valence-corrected chi connectivity index (χ1v) is 12.0. The van der Waals surface area contributed by atoms with Gasteiger partial charge in [0.2, 0.25) is 11.8 Å². The second-order valence-electron chi connectivity index (χ2n) is 7.27. The van der Waals surface area contributed by atoms with Crippen LogP contribution in [-0.2, 0) is 16.1 Å². The zero-order valence-electron chi connectivity index (χ0n) is 18.1. The third kappa shape index (κ3) is 8.54. The molecule has 0 spiro atoms. The SMILES string of the molecule is CCCCNC(=O)C(CC)N(Cc1ccc(F)cc1)C(=O)CCSc1ccc(Cl)cc1. The van der Waals surface area contributed by atoms with Gasteiger partial charge in [0.1, 0.15) is 11.9 Å². The van der Waals surface area contributed by atoms with Gasteiger partial charge >= 0.3 is 0 Å². The molecule has 1 unspecified atom stereocenters. The first kappa shape index (κ1) is 25.2. The van der Waals surface area contributed by atoms with Crippen molar-refractivity contribution in [2.75, 3.05) is 12.3 Å². The summed E-state index contributed by atoms with van der Waals surface area (Å²) in [7, 11) is 0. The Hall–Kier alpha value is -2.05. The van der Waals surface area contributed by atoms with E-state index >= 15 is 0 Å². The van der Waals surface area contributed by atoms with E-state index in [2.05, 4.69) is 12.2 Å². The number of amides is 2. The summed E-state index contributed by atoms with van der Waals surface area (Å²) in [4.78, 5) is 28.6. The number of thioether (sulfide) groups is 1. The average Bonchev–Trinajstić information content (AvgIpc) is 2.76. The minimum atomic E-state index is -0.560. The van der Waals surface area contributed by atoms with Crippen molar-refractivity contribution in [3.63, 3.8) is 0 Å². The minimum absolute atomic E-state index is 0.0942. The molecule has 168 valence electrons. The van der Waals surface area contributed by atoms with Gasteiger partial charge in [-0.15, -0.1) is 11.8 Å². The Morgan fingerprint density at radius 2 is 1.77 bits per heavy atom. The molecule has 1 N–H and O–H groups in total. The maximum Gasteiger partial charge on any atom is 0.242 e. The molecule has 0 bridgehead atoms. The van der Waals surface area contributed by atoms with Gasteiger partial charge < -0.3 is 10.2 Å². The average molecular weight is 465 g/mol. The smallest absolute Gasteiger partial charge is 0.242 e. The highest BCUT2D eigenvalue weighted by atomic mass is 35.5. The van der Waals surface area contributed by atoms with E-state index in [1.165, 1.54) is 12.1 Å². The first-order chi connectivity index (χ1) is 14.9. The van der Waals surface area contributed by atoms with Crippen LogP contribution in [0.2, 0.25) is 5.02 Å². The Morgan fingerprint density at radius 3 is 2.39 bits per heavy atom. The summed E-state index contributed by atoms with van der Waals surface area (Å²) >= 11 is 7.49. The molecule has 2 aromatic rings. The molecule has 7 heteroatoms. The van der Waals surface area contributed by atoms with Crippen LogP contribution in [0.1, 0.15) is 45.1 Å². The molecule has 0 aliphatic carbocycles. The lowest BCUT2D eigenvalue weighted by atomic mass is 10.1. The highest BCUT2D eigenvalue weighted by molar-refractivity contribution is 7.99. The third-order valence-corrected chi connectivity index (χ3v) is 6.15. The second kappa shape index (κ2) is 13.4. The number of carbonyl (C=O) groups excluding carboxylic acids is 2. The molecule has 0 heterocycles. The molecule has 2 amide bonds. The highest BCUT2D eigenvalue weighted by Crippen LogP contribution is 2.22. The molecule has 0 saturated carbocycles. The van der Waals surface area contributed by atoms with Crippen molar-refractivity contribution in [3.05, 3.63) is 64.9 Å². The number of nitrogens with one attached hydrogen (secondary N) is 1. The zero-order chi connectivity index (χ0) is 22.6. The summed E-state index contributed by atoms with van der Waals surface area (Å²) in [5.74, 6) is 0.0271. The van der Waals surface area contributed by atoms with Crippen molar-refractivity contribution in [1.82, 2.24) is 10.2 Å². The van der Waals surface area contributed by atoms with Gasteiger partial charge in [-0.2, -0.15) is 0 Å². The van der Waals surface area contributed by atoms with Crippen molar-refractivity contribution in [2.45, 2.75) is 57.0 Å². The monoisotopic (exact) mass is 464 g/mol. The summed E-state index contributed by atoms with van der Waals surface area (Å²) in [6.07, 6.45) is 2.69. The van der Waals surface area contributed by atoms with Gasteiger partial charge in [-0.3, -0.25) is 9.59 Å². The van der Waals surface area contributed by atoms with Gasteiger partial charge in [-0.05, 0) is 54.8 Å². The summed E-state index contributed by atoms with van der Waals surface area (Å²) in [5.41, 5.74) is 0.792. The van der Waals surface area contributed by atoms with Gasteiger partial charge in [-0.1, -0.05) is 44.0 Å². The van der Waals surface area contributed by atoms with E-state index in [0.29, 0.717) is 30.2 Å². The Labute approximate surface area is 193 Å². The van der Waals surface area contributed by atoms with E-state index in [4.69, 9.17) is 11.6 Å². The van der Waals surface area contributed by atoms with E-state index in [1.807, 2.05) is 31.2 Å². The van der Waals surface area contributed by atoms with Crippen LogP contribution in [-0.4, -0.2) is 35.1 Å². The molecule has 0 radical (unpaired) electrons. The molecule has 1 atom stereocenters. The van der Waals surface area contributed by atoms with E-state index in [-0.39, 0.29) is 24.2 Å². The van der Waals surface area contributed by atoms with Crippen LogP contribution < -0.4 is 5.32 Å². The third-order valence-electron chi connectivity index (χ3n) is 4.88. The maximum absolute atomic E-state index is 13.3. The van der Waals surface area contributed by atoms with Crippen LogP contribution in [0, 0.1) is 5.82 Å². The van der Waals surface area contributed by atoms with Crippen LogP contribution in [0.15, 0.2) is 53.4 Å². The fourth-order valence-corrected chi connectivity index (χ4v) is 4.11. The maximum atomic E-state index is 13.3. The van der Waals surface area contributed by atoms with Crippen molar-refractivity contribution in [1.29, 1.82) is 0 Å². The Morgan fingerprint density at radius 1 is 1.10 bits per heavy atom. The predicted octanol–water partition coefficient (Wildman–Crippen LogP) is 5.69. The summed E-state index contributed by atoms with van der Waals surface area (Å²) in [6.45, 7) is 4.82. The van der Waals surface area contributed by atoms with E-state index in [0.717, 1.165) is 23.3 Å². The van der Waals surface area contributed by atoms with Gasteiger partial charge in [0.05, 0.1) is 0 Å². The Balaban J connectivity index is 2.08. The van der Waals surface area contributed by atoms with E-state index < -0.39 is 6.04 Å². The number of halogens is 2. The van der Waals surface area contributed by atoms with Gasteiger partial charge in [0.15, 0.2) is 0 Å². The molecular weight excluding hydrogens is 435 g/mol. The number of hydrogen-bond acceptors (Lipinski definition) is 3. The Kier molecular flexibility index (Phi) is 10.9.